The highest BCUT2D eigenvalue weighted by molar-refractivity contribution is 7.22. The quantitative estimate of drug-likeness (QED) is 0.582. The molecule has 8 heteroatoms. The van der Waals surface area contributed by atoms with Crippen LogP contribution in [0.1, 0.15) is 12.8 Å². The number of nitrogens with zero attached hydrogens (tertiary/aromatic N) is 2. The highest BCUT2D eigenvalue weighted by atomic mass is 35.5. The molecule has 4 rings (SSSR count). The molecule has 140 valence electrons. The van der Waals surface area contributed by atoms with E-state index < -0.39 is 0 Å². The lowest BCUT2D eigenvalue weighted by Crippen LogP contribution is -2.40. The molecule has 0 spiro atoms. The molecule has 0 aliphatic carbocycles. The molecule has 0 bridgehead atoms. The van der Waals surface area contributed by atoms with Crippen molar-refractivity contribution in [3.05, 3.63) is 46.4 Å². The lowest BCUT2D eigenvalue weighted by Gasteiger charge is -2.31. The number of nitrogens with one attached hydrogen (secondary N) is 1. The molecule has 1 aliphatic rings. The molecule has 27 heavy (non-hydrogen) atoms. The third-order valence-corrected chi connectivity index (χ3v) is 6.41. The van der Waals surface area contributed by atoms with E-state index in [9.17, 15) is 4.79 Å². The number of nitrogens with two attached hydrogens (primary N) is 1. The second-order valence-electron chi connectivity index (χ2n) is 6.59. The summed E-state index contributed by atoms with van der Waals surface area (Å²) in [6, 6.07) is 11.3. The molecule has 2 aromatic carbocycles. The van der Waals surface area contributed by atoms with Crippen LogP contribution in [0.25, 0.3) is 10.2 Å². The molecule has 2 heterocycles. The Kier molecular flexibility index (Phi) is 5.12. The first-order chi connectivity index (χ1) is 13.0. The zero-order chi connectivity index (χ0) is 19.0. The van der Waals surface area contributed by atoms with E-state index in [0.717, 1.165) is 34.7 Å². The van der Waals surface area contributed by atoms with Gasteiger partial charge in [-0.1, -0.05) is 46.7 Å². The van der Waals surface area contributed by atoms with Gasteiger partial charge in [0.25, 0.3) is 0 Å². The first kappa shape index (κ1) is 18.3. The Labute approximate surface area is 171 Å². The Morgan fingerprint density at radius 1 is 1.26 bits per heavy atom. The SMILES string of the molecule is Nc1c(Cl)cc(NC(=O)[C@@H]2CCCN(c3nc4ccccc4s3)C2)cc1Cl. The predicted octanol–water partition coefficient (Wildman–Crippen LogP) is 5.04. The summed E-state index contributed by atoms with van der Waals surface area (Å²) in [6.45, 7) is 1.55. The summed E-state index contributed by atoms with van der Waals surface area (Å²) in [6.07, 6.45) is 1.78. The number of fused-ring (bicyclic) bond motifs is 1. The molecule has 5 nitrogen and oxygen atoms in total. The summed E-state index contributed by atoms with van der Waals surface area (Å²) >= 11 is 13.8. The van der Waals surface area contributed by atoms with Crippen molar-refractivity contribution in [1.29, 1.82) is 0 Å². The molecule has 0 unspecified atom stereocenters. The van der Waals surface area contributed by atoms with E-state index in [1.54, 1.807) is 23.5 Å². The van der Waals surface area contributed by atoms with E-state index in [1.165, 1.54) is 0 Å². The maximum atomic E-state index is 12.8. The van der Waals surface area contributed by atoms with Crippen LogP contribution < -0.4 is 16.0 Å². The Bertz CT molecular complexity index is 950. The number of rotatable bonds is 3. The number of carbonyl (C=O) groups excluding carboxylic acids is 1. The number of aromatic nitrogens is 1. The van der Waals surface area contributed by atoms with Crippen LogP contribution >= 0.6 is 34.5 Å². The third-order valence-electron chi connectivity index (χ3n) is 4.69. The molecular formula is C19H18Cl2N4OS. The van der Waals surface area contributed by atoms with E-state index in [4.69, 9.17) is 33.9 Å². The van der Waals surface area contributed by atoms with Crippen molar-refractivity contribution >= 4 is 67.2 Å². The molecule has 3 N–H and O–H groups in total. The van der Waals surface area contributed by atoms with Crippen molar-refractivity contribution in [2.24, 2.45) is 5.92 Å². The average Bonchev–Trinajstić information content (AvgIpc) is 3.10. The van der Waals surface area contributed by atoms with Crippen molar-refractivity contribution in [1.82, 2.24) is 4.98 Å². The maximum absolute atomic E-state index is 12.8. The number of para-hydroxylation sites is 1. The number of thiazole rings is 1. The summed E-state index contributed by atoms with van der Waals surface area (Å²) in [4.78, 5) is 19.7. The van der Waals surface area contributed by atoms with Crippen LogP contribution in [0, 0.1) is 5.92 Å². The standard InChI is InChI=1S/C19H18Cl2N4OS/c20-13-8-12(9-14(21)17(13)22)23-18(26)11-4-3-7-25(10-11)19-24-15-5-1-2-6-16(15)27-19/h1-2,5-6,8-9,11H,3-4,7,10,22H2,(H,23,26)/t11-/m1/s1. The van der Waals surface area contributed by atoms with Gasteiger partial charge in [0.15, 0.2) is 5.13 Å². The molecule has 1 atom stereocenters. The lowest BCUT2D eigenvalue weighted by atomic mass is 9.97. The molecule has 1 aromatic heterocycles. The molecule has 0 radical (unpaired) electrons. The minimum Gasteiger partial charge on any atom is -0.396 e. The van der Waals surface area contributed by atoms with E-state index in [-0.39, 0.29) is 11.8 Å². The van der Waals surface area contributed by atoms with Crippen LogP contribution in [0.4, 0.5) is 16.5 Å². The number of anilines is 3. The van der Waals surface area contributed by atoms with Gasteiger partial charge in [-0.2, -0.15) is 0 Å². The molecule has 1 aliphatic heterocycles. The fraction of sp³-hybridized carbons (Fsp3) is 0.263. The minimum absolute atomic E-state index is 0.0438. The zero-order valence-corrected chi connectivity index (χ0v) is 16.7. The maximum Gasteiger partial charge on any atom is 0.229 e. The number of hydrogen-bond donors (Lipinski definition) is 2. The number of nitrogen functional groups attached to an aromatic ring is 1. The first-order valence-electron chi connectivity index (χ1n) is 8.67. The topological polar surface area (TPSA) is 71.2 Å². The summed E-state index contributed by atoms with van der Waals surface area (Å²) in [5.41, 5.74) is 7.62. The summed E-state index contributed by atoms with van der Waals surface area (Å²) in [5, 5.41) is 4.54. The second kappa shape index (κ2) is 7.54. The van der Waals surface area contributed by atoms with Gasteiger partial charge in [-0.15, -0.1) is 0 Å². The number of carbonyl (C=O) groups is 1. The summed E-state index contributed by atoms with van der Waals surface area (Å²) in [5.74, 6) is -0.168. The fourth-order valence-corrected chi connectivity index (χ4v) is 4.75. The number of benzene rings is 2. The highest BCUT2D eigenvalue weighted by Crippen LogP contribution is 2.33. The van der Waals surface area contributed by atoms with Crippen LogP contribution in [-0.2, 0) is 4.79 Å². The summed E-state index contributed by atoms with van der Waals surface area (Å²) < 4.78 is 1.16. The minimum atomic E-state index is -0.124. The fourth-order valence-electron chi connectivity index (χ4n) is 3.26. The van der Waals surface area contributed by atoms with Crippen LogP contribution in [0.3, 0.4) is 0 Å². The lowest BCUT2D eigenvalue weighted by molar-refractivity contribution is -0.120. The van der Waals surface area contributed by atoms with E-state index in [1.807, 2.05) is 18.2 Å². The molecular weight excluding hydrogens is 403 g/mol. The predicted molar refractivity (Wildman–Crippen MR) is 114 cm³/mol. The second-order valence-corrected chi connectivity index (χ2v) is 8.42. The van der Waals surface area contributed by atoms with Crippen molar-refractivity contribution in [3.63, 3.8) is 0 Å². The summed E-state index contributed by atoms with van der Waals surface area (Å²) in [7, 11) is 0. The number of amides is 1. The highest BCUT2D eigenvalue weighted by Gasteiger charge is 2.27. The van der Waals surface area contributed by atoms with Crippen molar-refractivity contribution in [2.75, 3.05) is 29.0 Å². The van der Waals surface area contributed by atoms with Crippen LogP contribution in [0.15, 0.2) is 36.4 Å². The normalized spacial score (nSPS) is 17.3. The number of hydrogen-bond acceptors (Lipinski definition) is 5. The van der Waals surface area contributed by atoms with Crippen molar-refractivity contribution in [2.45, 2.75) is 12.8 Å². The monoisotopic (exact) mass is 420 g/mol. The van der Waals surface area contributed by atoms with Gasteiger partial charge in [0, 0.05) is 18.8 Å². The zero-order valence-electron chi connectivity index (χ0n) is 14.4. The molecule has 0 saturated carbocycles. The Balaban J connectivity index is 1.48. The van der Waals surface area contributed by atoms with E-state index >= 15 is 0 Å². The Hall–Kier alpha value is -2.02. The Morgan fingerprint density at radius 3 is 2.74 bits per heavy atom. The first-order valence-corrected chi connectivity index (χ1v) is 10.2. The molecule has 1 fully saturated rings. The van der Waals surface area contributed by atoms with Gasteiger partial charge >= 0.3 is 0 Å². The van der Waals surface area contributed by atoms with Gasteiger partial charge in [0.2, 0.25) is 5.91 Å². The van der Waals surface area contributed by atoms with Crippen molar-refractivity contribution in [3.8, 4) is 0 Å². The molecule has 3 aromatic rings. The van der Waals surface area contributed by atoms with Gasteiger partial charge in [-0.3, -0.25) is 4.79 Å². The number of halogens is 2. The smallest absolute Gasteiger partial charge is 0.229 e. The van der Waals surface area contributed by atoms with E-state index in [2.05, 4.69) is 16.3 Å². The van der Waals surface area contributed by atoms with Crippen molar-refractivity contribution < 1.29 is 4.79 Å². The van der Waals surface area contributed by atoms with Gasteiger partial charge in [0.1, 0.15) is 0 Å². The molecule has 1 amide bonds. The van der Waals surface area contributed by atoms with Gasteiger partial charge in [-0.05, 0) is 37.1 Å². The van der Waals surface area contributed by atoms with Gasteiger partial charge < -0.3 is 16.0 Å². The van der Waals surface area contributed by atoms with Crippen LogP contribution in [-0.4, -0.2) is 24.0 Å². The molecule has 1 saturated heterocycles. The largest absolute Gasteiger partial charge is 0.396 e. The van der Waals surface area contributed by atoms with Crippen LogP contribution in [0.5, 0.6) is 0 Å². The third kappa shape index (κ3) is 3.83. The van der Waals surface area contributed by atoms with Gasteiger partial charge in [-0.25, -0.2) is 4.98 Å². The Morgan fingerprint density at radius 2 is 2.00 bits per heavy atom. The van der Waals surface area contributed by atoms with E-state index in [0.29, 0.717) is 28.0 Å². The van der Waals surface area contributed by atoms with Crippen LogP contribution in [0.2, 0.25) is 10.0 Å². The average molecular weight is 421 g/mol. The number of piperidine rings is 1. The van der Waals surface area contributed by atoms with Gasteiger partial charge in [0.05, 0.1) is 31.9 Å².